The molecule has 5 nitrogen and oxygen atoms in total. The summed E-state index contributed by atoms with van der Waals surface area (Å²) in [5.74, 6) is 0.747. The van der Waals surface area contributed by atoms with Crippen molar-refractivity contribution in [1.29, 1.82) is 0 Å². The number of carbonyl (C=O) groups excluding carboxylic acids is 1. The van der Waals surface area contributed by atoms with E-state index < -0.39 is 5.97 Å². The molecule has 0 bridgehead atoms. The number of amides is 1. The summed E-state index contributed by atoms with van der Waals surface area (Å²) in [7, 11) is 0. The van der Waals surface area contributed by atoms with Crippen LogP contribution in [0.2, 0.25) is 0 Å². The highest BCUT2D eigenvalue weighted by molar-refractivity contribution is 7.99. The van der Waals surface area contributed by atoms with Gasteiger partial charge in [-0.15, -0.1) is 0 Å². The van der Waals surface area contributed by atoms with Crippen molar-refractivity contribution in [2.45, 2.75) is 38.8 Å². The number of carboxylic acids is 1. The zero-order valence-electron chi connectivity index (χ0n) is 10.9. The first-order valence-corrected chi connectivity index (χ1v) is 7.36. The van der Waals surface area contributed by atoms with Crippen molar-refractivity contribution >= 4 is 23.6 Å². The Kier molecular flexibility index (Phi) is 6.49. The van der Waals surface area contributed by atoms with Crippen LogP contribution in [0.5, 0.6) is 0 Å². The quantitative estimate of drug-likeness (QED) is 0.789. The number of rotatable bonds is 6. The van der Waals surface area contributed by atoms with E-state index in [4.69, 9.17) is 9.84 Å². The van der Waals surface area contributed by atoms with Gasteiger partial charge in [0.2, 0.25) is 5.91 Å². The second-order valence-electron chi connectivity index (χ2n) is 4.58. The summed E-state index contributed by atoms with van der Waals surface area (Å²) in [5, 5.41) is 8.84. The van der Waals surface area contributed by atoms with Crippen molar-refractivity contribution in [3.05, 3.63) is 0 Å². The average Bonchev–Trinajstić information content (AvgIpc) is 2.28. The number of carboxylic acid groups (broad SMARTS) is 1. The van der Waals surface area contributed by atoms with Crippen LogP contribution in [0.15, 0.2) is 0 Å². The largest absolute Gasteiger partial charge is 0.481 e. The third-order valence-corrected chi connectivity index (χ3v) is 3.82. The highest BCUT2D eigenvalue weighted by atomic mass is 32.2. The number of thioether (sulfide) groups is 1. The maximum absolute atomic E-state index is 12.0. The topological polar surface area (TPSA) is 66.8 Å². The van der Waals surface area contributed by atoms with Crippen LogP contribution < -0.4 is 0 Å². The lowest BCUT2D eigenvalue weighted by molar-refractivity contribution is -0.140. The number of nitrogens with zero attached hydrogens (tertiary/aromatic N) is 1. The number of carbonyl (C=O) groups is 2. The summed E-state index contributed by atoms with van der Waals surface area (Å²) < 4.78 is 5.35. The highest BCUT2D eigenvalue weighted by Gasteiger charge is 2.28. The molecule has 1 saturated heterocycles. The van der Waals surface area contributed by atoms with E-state index in [1.54, 1.807) is 16.7 Å². The number of aliphatic carboxylic acids is 1. The minimum absolute atomic E-state index is 0.00204. The van der Waals surface area contributed by atoms with Gasteiger partial charge in [-0.25, -0.2) is 0 Å². The Bertz CT molecular complexity index is 296. The molecule has 1 unspecified atom stereocenters. The van der Waals surface area contributed by atoms with Crippen molar-refractivity contribution in [3.8, 4) is 0 Å². The Morgan fingerprint density at radius 1 is 1.50 bits per heavy atom. The first-order valence-electron chi connectivity index (χ1n) is 6.21. The Hall–Kier alpha value is -0.750. The van der Waals surface area contributed by atoms with Gasteiger partial charge in [0, 0.05) is 18.1 Å². The van der Waals surface area contributed by atoms with Crippen LogP contribution in [0.3, 0.4) is 0 Å². The van der Waals surface area contributed by atoms with Crippen LogP contribution >= 0.6 is 11.8 Å². The zero-order chi connectivity index (χ0) is 13.5. The molecule has 1 fully saturated rings. The fourth-order valence-electron chi connectivity index (χ4n) is 1.88. The van der Waals surface area contributed by atoms with Gasteiger partial charge in [0.15, 0.2) is 0 Å². The summed E-state index contributed by atoms with van der Waals surface area (Å²) in [6, 6.07) is -0.173. The van der Waals surface area contributed by atoms with Crippen LogP contribution in [0.4, 0.5) is 0 Å². The molecule has 1 atom stereocenters. The van der Waals surface area contributed by atoms with E-state index in [1.165, 1.54) is 0 Å². The summed E-state index contributed by atoms with van der Waals surface area (Å²) >= 11 is 1.71. The SMILES string of the molecule is CC(C)OCCC(=O)N1CCSCC1CC(=O)O. The monoisotopic (exact) mass is 275 g/mol. The number of ether oxygens (including phenoxy) is 1. The average molecular weight is 275 g/mol. The molecule has 1 aliphatic rings. The minimum atomic E-state index is -0.848. The van der Waals surface area contributed by atoms with Gasteiger partial charge < -0.3 is 14.7 Å². The Morgan fingerprint density at radius 3 is 2.83 bits per heavy atom. The van der Waals surface area contributed by atoms with E-state index in [9.17, 15) is 9.59 Å². The van der Waals surface area contributed by atoms with E-state index in [1.807, 2.05) is 13.8 Å². The van der Waals surface area contributed by atoms with Gasteiger partial charge in [0.05, 0.1) is 31.6 Å². The van der Waals surface area contributed by atoms with E-state index in [0.717, 1.165) is 5.75 Å². The lowest BCUT2D eigenvalue weighted by Crippen LogP contribution is -2.47. The molecule has 0 aromatic heterocycles. The van der Waals surface area contributed by atoms with Gasteiger partial charge in [-0.2, -0.15) is 11.8 Å². The van der Waals surface area contributed by atoms with Gasteiger partial charge in [-0.05, 0) is 13.8 Å². The van der Waals surface area contributed by atoms with Crippen LogP contribution in [0.25, 0.3) is 0 Å². The molecule has 18 heavy (non-hydrogen) atoms. The lowest BCUT2D eigenvalue weighted by atomic mass is 10.2. The third kappa shape index (κ3) is 5.27. The molecule has 104 valence electrons. The minimum Gasteiger partial charge on any atom is -0.481 e. The summed E-state index contributed by atoms with van der Waals surface area (Å²) in [6.45, 7) is 4.90. The zero-order valence-corrected chi connectivity index (χ0v) is 11.7. The molecular weight excluding hydrogens is 254 g/mol. The standard InChI is InChI=1S/C12H21NO4S/c1-9(2)17-5-3-11(14)13-4-6-18-8-10(13)7-12(15)16/h9-10H,3-8H2,1-2H3,(H,15,16). The predicted octanol–water partition coefficient (Wildman–Crippen LogP) is 1.22. The fraction of sp³-hybridized carbons (Fsp3) is 0.833. The Balaban J connectivity index is 2.44. The lowest BCUT2D eigenvalue weighted by Gasteiger charge is -2.34. The molecule has 1 aliphatic heterocycles. The van der Waals surface area contributed by atoms with Crippen molar-refractivity contribution in [2.24, 2.45) is 0 Å². The third-order valence-electron chi connectivity index (χ3n) is 2.73. The van der Waals surface area contributed by atoms with Crippen LogP contribution in [0, 0.1) is 0 Å². The summed E-state index contributed by atoms with van der Waals surface area (Å²) in [5.41, 5.74) is 0. The molecular formula is C12H21NO4S. The van der Waals surface area contributed by atoms with Crippen LogP contribution in [-0.4, -0.2) is 58.7 Å². The molecule has 1 rings (SSSR count). The van der Waals surface area contributed by atoms with Crippen molar-refractivity contribution in [3.63, 3.8) is 0 Å². The van der Waals surface area contributed by atoms with Crippen molar-refractivity contribution in [2.75, 3.05) is 24.7 Å². The molecule has 0 aromatic rings. The predicted molar refractivity (Wildman–Crippen MR) is 70.8 cm³/mol. The van der Waals surface area contributed by atoms with Gasteiger partial charge >= 0.3 is 5.97 Å². The molecule has 0 saturated carbocycles. The van der Waals surface area contributed by atoms with Crippen LogP contribution in [-0.2, 0) is 14.3 Å². The molecule has 6 heteroatoms. The van der Waals surface area contributed by atoms with Gasteiger partial charge in [-0.1, -0.05) is 0 Å². The van der Waals surface area contributed by atoms with Gasteiger partial charge in [0.1, 0.15) is 0 Å². The summed E-state index contributed by atoms with van der Waals surface area (Å²) in [6.07, 6.45) is 0.479. The second kappa shape index (κ2) is 7.63. The van der Waals surface area contributed by atoms with E-state index >= 15 is 0 Å². The van der Waals surface area contributed by atoms with E-state index in [0.29, 0.717) is 25.3 Å². The van der Waals surface area contributed by atoms with Crippen molar-refractivity contribution < 1.29 is 19.4 Å². The molecule has 0 aromatic carbocycles. The van der Waals surface area contributed by atoms with Crippen molar-refractivity contribution in [1.82, 2.24) is 4.90 Å². The molecule has 0 radical (unpaired) electrons. The Morgan fingerprint density at radius 2 is 2.22 bits per heavy atom. The number of hydrogen-bond acceptors (Lipinski definition) is 4. The molecule has 1 heterocycles. The first-order chi connectivity index (χ1) is 8.50. The first kappa shape index (κ1) is 15.3. The smallest absolute Gasteiger partial charge is 0.305 e. The maximum atomic E-state index is 12.0. The number of hydrogen-bond donors (Lipinski definition) is 1. The second-order valence-corrected chi connectivity index (χ2v) is 5.73. The normalized spacial score (nSPS) is 20.2. The Labute approximate surface area is 112 Å². The highest BCUT2D eigenvalue weighted by Crippen LogP contribution is 2.19. The van der Waals surface area contributed by atoms with Gasteiger partial charge in [-0.3, -0.25) is 9.59 Å². The maximum Gasteiger partial charge on any atom is 0.305 e. The molecule has 1 N–H and O–H groups in total. The van der Waals surface area contributed by atoms with E-state index in [-0.39, 0.29) is 24.5 Å². The molecule has 0 aliphatic carbocycles. The summed E-state index contributed by atoms with van der Waals surface area (Å²) in [4.78, 5) is 24.5. The molecule has 1 amide bonds. The molecule has 0 spiro atoms. The van der Waals surface area contributed by atoms with E-state index in [2.05, 4.69) is 0 Å². The fourth-order valence-corrected chi connectivity index (χ4v) is 2.94. The van der Waals surface area contributed by atoms with Crippen LogP contribution in [0.1, 0.15) is 26.7 Å². The van der Waals surface area contributed by atoms with Gasteiger partial charge in [0.25, 0.3) is 0 Å².